The number of carbonyl (C=O) groups is 1. The van der Waals surface area contributed by atoms with Gasteiger partial charge in [-0.3, -0.25) is 14.6 Å². The van der Waals surface area contributed by atoms with E-state index in [4.69, 9.17) is 4.98 Å². The number of amides is 1. The number of rotatable bonds is 9. The number of likely N-dealkylation sites (N-methyl/N-ethyl adjacent to an activating group) is 1. The molecule has 7 heteroatoms. The molecular formula is C32H38N6O. The minimum Gasteiger partial charge on any atom is -0.327 e. The highest BCUT2D eigenvalue weighted by molar-refractivity contribution is 5.92. The maximum atomic E-state index is 12.8. The number of hydrogen-bond acceptors (Lipinski definition) is 5. The second-order valence-electron chi connectivity index (χ2n) is 10.5. The van der Waals surface area contributed by atoms with E-state index in [1.807, 2.05) is 48.5 Å². The molecule has 1 N–H and O–H groups in total. The van der Waals surface area contributed by atoms with E-state index in [0.717, 1.165) is 78.9 Å². The smallest absolute Gasteiger partial charge is 0.238 e. The summed E-state index contributed by atoms with van der Waals surface area (Å²) in [7, 11) is 6.27. The summed E-state index contributed by atoms with van der Waals surface area (Å²) in [5.74, 6) is 0.914. The van der Waals surface area contributed by atoms with Crippen LogP contribution in [0, 0.1) is 0 Å². The number of benzene rings is 3. The van der Waals surface area contributed by atoms with Gasteiger partial charge in [-0.25, -0.2) is 4.98 Å². The lowest BCUT2D eigenvalue weighted by Crippen LogP contribution is -2.49. The van der Waals surface area contributed by atoms with Crippen LogP contribution in [0.15, 0.2) is 84.9 Å². The Labute approximate surface area is 231 Å². The third kappa shape index (κ3) is 6.63. The summed E-state index contributed by atoms with van der Waals surface area (Å²) in [5, 5.41) is 3.07. The number of aromatic nitrogens is 2. The highest BCUT2D eigenvalue weighted by Gasteiger charge is 2.20. The van der Waals surface area contributed by atoms with Crippen molar-refractivity contribution in [2.24, 2.45) is 7.05 Å². The Kier molecular flexibility index (Phi) is 8.51. The predicted octanol–water partition coefficient (Wildman–Crippen LogP) is 4.54. The summed E-state index contributed by atoms with van der Waals surface area (Å²) >= 11 is 0. The van der Waals surface area contributed by atoms with Crippen LogP contribution in [0.4, 0.5) is 5.69 Å². The van der Waals surface area contributed by atoms with E-state index in [0.29, 0.717) is 6.54 Å². The minimum absolute atomic E-state index is 0.0270. The topological polar surface area (TPSA) is 56.6 Å². The van der Waals surface area contributed by atoms with E-state index in [1.54, 1.807) is 0 Å². The fraction of sp³-hybridized carbons (Fsp3) is 0.312. The average molecular weight is 523 g/mol. The molecule has 4 aromatic rings. The zero-order chi connectivity index (χ0) is 27.2. The second-order valence-corrected chi connectivity index (χ2v) is 10.5. The fourth-order valence-electron chi connectivity index (χ4n) is 5.10. The van der Waals surface area contributed by atoms with Crippen LogP contribution in [0.2, 0.25) is 0 Å². The predicted molar refractivity (Wildman–Crippen MR) is 160 cm³/mol. The molecule has 0 atom stereocenters. The Morgan fingerprint density at radius 3 is 2.00 bits per heavy atom. The van der Waals surface area contributed by atoms with Gasteiger partial charge in [0.2, 0.25) is 5.91 Å². The molecule has 3 aromatic carbocycles. The Morgan fingerprint density at radius 1 is 0.795 bits per heavy atom. The summed E-state index contributed by atoms with van der Waals surface area (Å²) < 4.78 is 2.16. The molecule has 0 saturated carbocycles. The van der Waals surface area contributed by atoms with Crippen molar-refractivity contribution in [3.8, 4) is 33.9 Å². The van der Waals surface area contributed by atoms with E-state index in [2.05, 4.69) is 82.1 Å². The number of hydrogen-bond donors (Lipinski definition) is 1. The molecule has 1 aliphatic rings. The first-order chi connectivity index (χ1) is 19.0. The Hall–Kier alpha value is -3.78. The van der Waals surface area contributed by atoms with Crippen LogP contribution < -0.4 is 5.32 Å². The lowest BCUT2D eigenvalue weighted by molar-refractivity contribution is -0.117. The van der Waals surface area contributed by atoms with E-state index >= 15 is 0 Å². The van der Waals surface area contributed by atoms with Crippen LogP contribution in [-0.4, -0.2) is 90.1 Å². The first-order valence-corrected chi connectivity index (χ1v) is 13.7. The molecule has 1 amide bonds. The molecule has 202 valence electrons. The van der Waals surface area contributed by atoms with E-state index < -0.39 is 0 Å². The Bertz CT molecular complexity index is 1360. The maximum Gasteiger partial charge on any atom is 0.238 e. The molecule has 1 aromatic heterocycles. The number of nitrogens with zero attached hydrogens (tertiary/aromatic N) is 5. The third-order valence-electron chi connectivity index (χ3n) is 7.31. The molecule has 0 radical (unpaired) electrons. The Balaban J connectivity index is 1.26. The van der Waals surface area contributed by atoms with Crippen LogP contribution in [0.25, 0.3) is 33.9 Å². The van der Waals surface area contributed by atoms with Crippen molar-refractivity contribution in [1.29, 1.82) is 0 Å². The highest BCUT2D eigenvalue weighted by Crippen LogP contribution is 2.35. The molecule has 0 unspecified atom stereocenters. The van der Waals surface area contributed by atoms with Crippen molar-refractivity contribution in [2.75, 3.05) is 65.2 Å². The summed E-state index contributed by atoms with van der Waals surface area (Å²) in [6, 6.07) is 28.7. The van der Waals surface area contributed by atoms with Gasteiger partial charge in [0.25, 0.3) is 0 Å². The van der Waals surface area contributed by atoms with Gasteiger partial charge >= 0.3 is 0 Å². The summed E-state index contributed by atoms with van der Waals surface area (Å²) in [6.07, 6.45) is 0. The van der Waals surface area contributed by atoms with Crippen LogP contribution >= 0.6 is 0 Å². The summed E-state index contributed by atoms with van der Waals surface area (Å²) in [5.41, 5.74) is 6.05. The normalized spacial score (nSPS) is 14.6. The first kappa shape index (κ1) is 26.8. The van der Waals surface area contributed by atoms with Gasteiger partial charge in [0.15, 0.2) is 0 Å². The van der Waals surface area contributed by atoms with E-state index in [1.165, 1.54) is 0 Å². The van der Waals surface area contributed by atoms with Gasteiger partial charge in [0.1, 0.15) is 5.82 Å². The molecule has 1 saturated heterocycles. The number of piperazine rings is 1. The average Bonchev–Trinajstić information content (AvgIpc) is 3.31. The lowest BCUT2D eigenvalue weighted by Gasteiger charge is -2.34. The van der Waals surface area contributed by atoms with Gasteiger partial charge in [-0.1, -0.05) is 60.7 Å². The van der Waals surface area contributed by atoms with Crippen molar-refractivity contribution in [2.45, 2.75) is 0 Å². The van der Waals surface area contributed by atoms with Crippen molar-refractivity contribution >= 4 is 11.6 Å². The fourth-order valence-corrected chi connectivity index (χ4v) is 5.10. The molecule has 0 aliphatic carbocycles. The molecular weight excluding hydrogens is 484 g/mol. The zero-order valence-corrected chi connectivity index (χ0v) is 23.2. The summed E-state index contributed by atoms with van der Waals surface area (Å²) in [6.45, 7) is 6.43. The second kappa shape index (κ2) is 12.4. The monoisotopic (exact) mass is 522 g/mol. The number of carbonyl (C=O) groups excluding carboxylic acids is 1. The molecule has 7 nitrogen and oxygen atoms in total. The zero-order valence-electron chi connectivity index (χ0n) is 23.2. The standard InChI is InChI=1S/C32H38N6O/c1-35(2)18-19-37-20-22-38(23-21-37)24-29(39)33-28-16-14-27(15-17-28)32-34-30(25-10-6-4-7-11-25)31(36(32)3)26-12-8-5-9-13-26/h4-17H,18-24H2,1-3H3,(H,33,39). The molecule has 39 heavy (non-hydrogen) atoms. The lowest BCUT2D eigenvalue weighted by atomic mass is 10.1. The van der Waals surface area contributed by atoms with E-state index in [9.17, 15) is 4.79 Å². The SMILES string of the molecule is CN(C)CCN1CCN(CC(=O)Nc2ccc(-c3nc(-c4ccccc4)c(-c4ccccc4)n3C)cc2)CC1. The summed E-state index contributed by atoms with van der Waals surface area (Å²) in [4.78, 5) is 24.8. The number of anilines is 1. The van der Waals surface area contributed by atoms with E-state index in [-0.39, 0.29) is 5.91 Å². The van der Waals surface area contributed by atoms with Crippen LogP contribution in [0.1, 0.15) is 0 Å². The molecule has 0 spiro atoms. The molecule has 2 heterocycles. The van der Waals surface area contributed by atoms with Crippen molar-refractivity contribution in [3.05, 3.63) is 84.9 Å². The third-order valence-corrected chi connectivity index (χ3v) is 7.31. The highest BCUT2D eigenvalue weighted by atomic mass is 16.2. The van der Waals surface area contributed by atoms with Crippen molar-refractivity contribution in [1.82, 2.24) is 24.3 Å². The van der Waals surface area contributed by atoms with Gasteiger partial charge in [0.05, 0.1) is 17.9 Å². The molecule has 1 fully saturated rings. The Morgan fingerprint density at radius 2 is 1.38 bits per heavy atom. The van der Waals surface area contributed by atoms with Gasteiger partial charge in [-0.05, 0) is 38.4 Å². The molecule has 5 rings (SSSR count). The number of imidazole rings is 1. The maximum absolute atomic E-state index is 12.8. The first-order valence-electron chi connectivity index (χ1n) is 13.7. The van der Waals surface area contributed by atoms with Crippen LogP contribution in [0.5, 0.6) is 0 Å². The van der Waals surface area contributed by atoms with Gasteiger partial charge in [-0.15, -0.1) is 0 Å². The molecule has 1 aliphatic heterocycles. The van der Waals surface area contributed by atoms with Gasteiger partial charge in [0, 0.05) is 68.7 Å². The van der Waals surface area contributed by atoms with Crippen LogP contribution in [-0.2, 0) is 11.8 Å². The van der Waals surface area contributed by atoms with Crippen LogP contribution in [0.3, 0.4) is 0 Å². The van der Waals surface area contributed by atoms with Crippen molar-refractivity contribution in [3.63, 3.8) is 0 Å². The minimum atomic E-state index is 0.0270. The van der Waals surface area contributed by atoms with Gasteiger partial charge < -0.3 is 14.8 Å². The van der Waals surface area contributed by atoms with Gasteiger partial charge in [-0.2, -0.15) is 0 Å². The molecule has 0 bridgehead atoms. The van der Waals surface area contributed by atoms with Crippen molar-refractivity contribution < 1.29 is 4.79 Å². The number of nitrogens with one attached hydrogen (secondary N) is 1. The largest absolute Gasteiger partial charge is 0.327 e. The quantitative estimate of drug-likeness (QED) is 0.350.